The summed E-state index contributed by atoms with van der Waals surface area (Å²) in [5.41, 5.74) is 8.39. The van der Waals surface area contributed by atoms with E-state index >= 15 is 0 Å². The Kier molecular flexibility index (Phi) is 2.35. The van der Waals surface area contributed by atoms with Crippen LogP contribution in [0.3, 0.4) is 0 Å². The molecule has 0 heterocycles. The molecule has 0 unspecified atom stereocenters. The van der Waals surface area contributed by atoms with Gasteiger partial charge in [-0.1, -0.05) is 18.2 Å². The molecule has 12 heavy (non-hydrogen) atoms. The number of nitrogens with zero attached hydrogens (tertiary/aromatic N) is 2. The van der Waals surface area contributed by atoms with Crippen molar-refractivity contribution in [2.75, 3.05) is 0 Å². The van der Waals surface area contributed by atoms with E-state index in [1.54, 1.807) is 30.3 Å². The molecule has 0 aliphatic rings. The first-order valence-corrected chi connectivity index (χ1v) is 3.26. The number of aliphatic carboxylic acids is 1. The van der Waals surface area contributed by atoms with Gasteiger partial charge in [0.25, 0.3) is 0 Å². The van der Waals surface area contributed by atoms with Gasteiger partial charge < -0.3 is 10.6 Å². The minimum atomic E-state index is -1.25. The van der Waals surface area contributed by atoms with Crippen LogP contribution in [0.1, 0.15) is 5.56 Å². The summed E-state index contributed by atoms with van der Waals surface area (Å²) in [5.74, 6) is -1.25. The predicted molar refractivity (Wildman–Crippen MR) is 41.8 cm³/mol. The Morgan fingerprint density at radius 3 is 2.33 bits per heavy atom. The minimum Gasteiger partial charge on any atom is -0.472 e. The number of carboxylic acid groups (broad SMARTS) is 1. The Bertz CT molecular complexity index is 339. The normalized spacial score (nSPS) is 8.67. The molecule has 0 radical (unpaired) electrons. The van der Waals surface area contributed by atoms with E-state index in [1.807, 2.05) is 0 Å². The van der Waals surface area contributed by atoms with E-state index in [1.165, 1.54) is 0 Å². The molecule has 0 bridgehead atoms. The van der Waals surface area contributed by atoms with Crippen LogP contribution in [0.4, 0.5) is 0 Å². The number of carbonyl (C=O) groups is 1. The van der Waals surface area contributed by atoms with Crippen molar-refractivity contribution in [3.8, 4) is 0 Å². The number of benzene rings is 1. The van der Waals surface area contributed by atoms with E-state index in [9.17, 15) is 4.79 Å². The molecule has 0 aliphatic heterocycles. The minimum absolute atomic E-state index is 0.351. The van der Waals surface area contributed by atoms with Crippen LogP contribution in [-0.4, -0.2) is 21.6 Å². The Balaban J connectivity index is 3.14. The zero-order chi connectivity index (χ0) is 8.97. The smallest absolute Gasteiger partial charge is 0.419 e. The Labute approximate surface area is 68.7 Å². The van der Waals surface area contributed by atoms with Crippen molar-refractivity contribution in [3.05, 3.63) is 41.4 Å². The highest BCUT2D eigenvalue weighted by Crippen LogP contribution is 1.98. The number of carboxylic acids is 1. The fraction of sp³-hybridized carbons (Fsp3) is 0. The van der Waals surface area contributed by atoms with Gasteiger partial charge in [-0.3, -0.25) is 0 Å². The zero-order valence-corrected chi connectivity index (χ0v) is 6.14. The molecule has 0 fully saturated rings. The summed E-state index contributed by atoms with van der Waals surface area (Å²) in [7, 11) is 0. The lowest BCUT2D eigenvalue weighted by Gasteiger charge is -1.88. The molecule has 4 heteroatoms. The molecular formula is C8H6N2O2. The monoisotopic (exact) mass is 162 g/mol. The maximum absolute atomic E-state index is 10.4. The quantitative estimate of drug-likeness (QED) is 0.396. The third-order valence-corrected chi connectivity index (χ3v) is 1.35. The van der Waals surface area contributed by atoms with Crippen molar-refractivity contribution in [1.82, 2.24) is 0 Å². The van der Waals surface area contributed by atoms with Gasteiger partial charge in [0.15, 0.2) is 0 Å². The molecule has 0 saturated heterocycles. The molecule has 0 spiro atoms. The van der Waals surface area contributed by atoms with E-state index in [0.29, 0.717) is 5.56 Å². The second-order valence-corrected chi connectivity index (χ2v) is 2.12. The molecule has 1 aromatic rings. The fourth-order valence-corrected chi connectivity index (χ4v) is 0.820. The molecule has 1 aromatic carbocycles. The average Bonchev–Trinajstić information content (AvgIpc) is 2.07. The van der Waals surface area contributed by atoms with Gasteiger partial charge in [-0.25, -0.2) is 4.79 Å². The third kappa shape index (κ3) is 1.56. The van der Waals surface area contributed by atoms with Gasteiger partial charge in [0.05, 0.1) is 5.56 Å². The van der Waals surface area contributed by atoms with Crippen LogP contribution in [0.15, 0.2) is 30.3 Å². The van der Waals surface area contributed by atoms with E-state index in [4.69, 9.17) is 10.6 Å². The Morgan fingerprint density at radius 1 is 1.33 bits per heavy atom. The van der Waals surface area contributed by atoms with Crippen LogP contribution in [-0.2, 0) is 4.79 Å². The molecule has 0 saturated carbocycles. The molecule has 60 valence electrons. The molecule has 0 aliphatic carbocycles. The summed E-state index contributed by atoms with van der Waals surface area (Å²) in [6.07, 6.45) is 0. The molecule has 0 amide bonds. The lowest BCUT2D eigenvalue weighted by molar-refractivity contribution is -0.133. The van der Waals surface area contributed by atoms with Gasteiger partial charge in [-0.05, 0) is 12.1 Å². The lowest BCUT2D eigenvalue weighted by atomic mass is 10.1. The predicted octanol–water partition coefficient (Wildman–Crippen LogP) is 0.790. The van der Waals surface area contributed by atoms with Crippen LogP contribution in [0.5, 0.6) is 0 Å². The van der Waals surface area contributed by atoms with E-state index < -0.39 is 5.97 Å². The Morgan fingerprint density at radius 2 is 1.92 bits per heavy atom. The number of hydrogen-bond acceptors (Lipinski definition) is 1. The van der Waals surface area contributed by atoms with E-state index in [-0.39, 0.29) is 5.71 Å². The summed E-state index contributed by atoms with van der Waals surface area (Å²) in [5, 5.41) is 8.54. The van der Waals surface area contributed by atoms with Gasteiger partial charge in [0.2, 0.25) is 0 Å². The first kappa shape index (κ1) is 8.17. The number of rotatable bonds is 2. The van der Waals surface area contributed by atoms with E-state index in [0.717, 1.165) is 0 Å². The lowest BCUT2D eigenvalue weighted by Crippen LogP contribution is -2.15. The maximum Gasteiger partial charge on any atom is 0.419 e. The van der Waals surface area contributed by atoms with Crippen LogP contribution in [0, 0.1) is 0 Å². The Hall–Kier alpha value is -1.93. The summed E-state index contributed by atoms with van der Waals surface area (Å²) < 4.78 is 0. The van der Waals surface area contributed by atoms with Crippen LogP contribution in [0.25, 0.3) is 5.53 Å². The largest absolute Gasteiger partial charge is 0.472 e. The maximum atomic E-state index is 10.4. The van der Waals surface area contributed by atoms with Crippen LogP contribution < -0.4 is 0 Å². The summed E-state index contributed by atoms with van der Waals surface area (Å²) in [6.45, 7) is 0. The van der Waals surface area contributed by atoms with Crippen molar-refractivity contribution < 1.29 is 14.7 Å². The van der Waals surface area contributed by atoms with Crippen molar-refractivity contribution >= 4 is 11.7 Å². The van der Waals surface area contributed by atoms with Crippen molar-refractivity contribution in [3.63, 3.8) is 0 Å². The van der Waals surface area contributed by atoms with Crippen molar-refractivity contribution in [2.45, 2.75) is 0 Å². The van der Waals surface area contributed by atoms with E-state index in [2.05, 4.69) is 4.79 Å². The highest BCUT2D eigenvalue weighted by Gasteiger charge is 2.20. The second-order valence-electron chi connectivity index (χ2n) is 2.12. The molecule has 1 rings (SSSR count). The highest BCUT2D eigenvalue weighted by molar-refractivity contribution is 6.39. The van der Waals surface area contributed by atoms with Gasteiger partial charge in [-0.15, -0.1) is 0 Å². The van der Waals surface area contributed by atoms with Gasteiger partial charge in [0, 0.05) is 0 Å². The summed E-state index contributed by atoms with van der Waals surface area (Å²) in [4.78, 5) is 13.1. The van der Waals surface area contributed by atoms with Crippen molar-refractivity contribution in [2.24, 2.45) is 0 Å². The van der Waals surface area contributed by atoms with Gasteiger partial charge in [-0.2, -0.15) is 4.79 Å². The topological polar surface area (TPSA) is 73.7 Å². The molecular weight excluding hydrogens is 156 g/mol. The van der Waals surface area contributed by atoms with Crippen molar-refractivity contribution in [1.29, 1.82) is 0 Å². The summed E-state index contributed by atoms with van der Waals surface area (Å²) in [6, 6.07) is 8.21. The zero-order valence-electron chi connectivity index (χ0n) is 6.14. The molecule has 0 aromatic heterocycles. The molecule has 4 nitrogen and oxygen atoms in total. The number of hydrogen-bond donors (Lipinski definition) is 1. The molecule has 0 atom stereocenters. The SMILES string of the molecule is [N-]=[N+]=C(C(=O)O)c1ccccc1. The van der Waals surface area contributed by atoms with Gasteiger partial charge >= 0.3 is 11.7 Å². The standard InChI is InChI=1S/C8H6N2O2/c9-10-7(8(11)12)6-4-2-1-3-5-6/h1-5H,(H,11,12). The third-order valence-electron chi connectivity index (χ3n) is 1.35. The fourth-order valence-electron chi connectivity index (χ4n) is 0.820. The average molecular weight is 162 g/mol. The van der Waals surface area contributed by atoms with Crippen LogP contribution in [0.2, 0.25) is 0 Å². The van der Waals surface area contributed by atoms with Crippen LogP contribution >= 0.6 is 0 Å². The van der Waals surface area contributed by atoms with Gasteiger partial charge in [0.1, 0.15) is 0 Å². The summed E-state index contributed by atoms with van der Waals surface area (Å²) >= 11 is 0. The first-order chi connectivity index (χ1) is 5.75. The first-order valence-electron chi connectivity index (χ1n) is 3.26. The highest BCUT2D eigenvalue weighted by atomic mass is 16.4. The molecule has 1 N–H and O–H groups in total. The second kappa shape index (κ2) is 3.46.